The van der Waals surface area contributed by atoms with Gasteiger partial charge in [0, 0.05) is 0 Å². The van der Waals surface area contributed by atoms with E-state index in [4.69, 9.17) is 9.97 Å². The predicted octanol–water partition coefficient (Wildman–Crippen LogP) is 6.36. The minimum atomic E-state index is -0.555. The second-order valence-electron chi connectivity index (χ2n) is 6.53. The molecule has 0 saturated heterocycles. The third-order valence-electron chi connectivity index (χ3n) is 5.15. The summed E-state index contributed by atoms with van der Waals surface area (Å²) in [4.78, 5) is 9.79. The summed E-state index contributed by atoms with van der Waals surface area (Å²) < 4.78 is 1.63. The molecule has 2 heterocycles. The molecule has 5 rings (SSSR count). The summed E-state index contributed by atoms with van der Waals surface area (Å²) >= 11 is 7.12. The third-order valence-corrected chi connectivity index (χ3v) is 6.03. The van der Waals surface area contributed by atoms with Crippen molar-refractivity contribution >= 4 is 31.9 Å². The van der Waals surface area contributed by atoms with Crippen molar-refractivity contribution in [3.63, 3.8) is 0 Å². The predicted molar refractivity (Wildman–Crippen MR) is 115 cm³/mol. The van der Waals surface area contributed by atoms with E-state index in [0.717, 1.165) is 20.6 Å². The summed E-state index contributed by atoms with van der Waals surface area (Å²) in [5.41, 5.74) is 6.25. The van der Waals surface area contributed by atoms with E-state index in [1.54, 1.807) is 0 Å². The average molecular weight is 478 g/mol. The molecule has 0 bridgehead atoms. The summed E-state index contributed by atoms with van der Waals surface area (Å²) in [7, 11) is 0. The van der Waals surface area contributed by atoms with Crippen LogP contribution in [0.2, 0.25) is 0 Å². The number of aromatic nitrogens is 2. The molecule has 2 aromatic heterocycles. The van der Waals surface area contributed by atoms with Gasteiger partial charge in [0.25, 0.3) is 0 Å². The van der Waals surface area contributed by atoms with Crippen molar-refractivity contribution in [1.82, 2.24) is 9.97 Å². The highest BCUT2D eigenvalue weighted by atomic mass is 79.9. The minimum absolute atomic E-state index is 0.555. The van der Waals surface area contributed by atoms with Gasteiger partial charge in [0.2, 0.25) is 0 Å². The Morgan fingerprint density at radius 2 is 0.963 bits per heavy atom. The summed E-state index contributed by atoms with van der Waals surface area (Å²) in [5, 5.41) is 0. The molecule has 130 valence electrons. The van der Waals surface area contributed by atoms with Gasteiger partial charge >= 0.3 is 0 Å². The maximum Gasteiger partial charge on any atom is 0.106 e. The van der Waals surface area contributed by atoms with Crippen LogP contribution in [-0.4, -0.2) is 9.97 Å². The van der Waals surface area contributed by atoms with Crippen LogP contribution < -0.4 is 0 Å². The van der Waals surface area contributed by atoms with Crippen LogP contribution in [0.4, 0.5) is 0 Å². The monoisotopic (exact) mass is 476 g/mol. The van der Waals surface area contributed by atoms with E-state index in [2.05, 4.69) is 92.5 Å². The maximum atomic E-state index is 4.89. The van der Waals surface area contributed by atoms with Gasteiger partial charge in [-0.1, -0.05) is 60.7 Å². The number of hydrogen-bond acceptors (Lipinski definition) is 2. The van der Waals surface area contributed by atoms with Gasteiger partial charge in [0.1, 0.15) is 14.6 Å². The molecule has 27 heavy (non-hydrogen) atoms. The lowest BCUT2D eigenvalue weighted by Gasteiger charge is -2.31. The summed E-state index contributed by atoms with van der Waals surface area (Å²) in [6.07, 6.45) is 0. The van der Waals surface area contributed by atoms with E-state index < -0.39 is 5.41 Å². The fourth-order valence-corrected chi connectivity index (χ4v) is 4.84. The van der Waals surface area contributed by atoms with Crippen molar-refractivity contribution in [2.24, 2.45) is 0 Å². The fraction of sp³-hybridized carbons (Fsp3) is 0.0435. The molecule has 1 aliphatic rings. The quantitative estimate of drug-likeness (QED) is 0.276. The van der Waals surface area contributed by atoms with Crippen molar-refractivity contribution in [2.75, 3.05) is 0 Å². The number of rotatable bonds is 2. The number of hydrogen-bond donors (Lipinski definition) is 0. The van der Waals surface area contributed by atoms with Gasteiger partial charge < -0.3 is 0 Å². The highest BCUT2D eigenvalue weighted by Crippen LogP contribution is 2.55. The van der Waals surface area contributed by atoms with E-state index in [0.29, 0.717) is 0 Å². The molecule has 2 nitrogen and oxygen atoms in total. The summed E-state index contributed by atoms with van der Waals surface area (Å²) in [6, 6.07) is 29.3. The number of pyridine rings is 2. The Morgan fingerprint density at radius 3 is 1.41 bits per heavy atom. The van der Waals surface area contributed by atoms with Crippen molar-refractivity contribution in [3.8, 4) is 11.1 Å². The molecule has 4 aromatic rings. The number of halogens is 2. The largest absolute Gasteiger partial charge is 0.244 e. The molecule has 4 heteroatoms. The molecule has 0 atom stereocenters. The maximum absolute atomic E-state index is 4.89. The van der Waals surface area contributed by atoms with Crippen molar-refractivity contribution in [3.05, 3.63) is 117 Å². The van der Waals surface area contributed by atoms with E-state index in [-0.39, 0.29) is 0 Å². The van der Waals surface area contributed by atoms with E-state index in [1.165, 1.54) is 22.3 Å². The minimum Gasteiger partial charge on any atom is -0.244 e. The van der Waals surface area contributed by atoms with Crippen LogP contribution in [0.1, 0.15) is 22.5 Å². The van der Waals surface area contributed by atoms with Crippen LogP contribution >= 0.6 is 31.9 Å². The van der Waals surface area contributed by atoms with Crippen LogP contribution in [0.5, 0.6) is 0 Å². The van der Waals surface area contributed by atoms with Crippen LogP contribution in [0.3, 0.4) is 0 Å². The Labute approximate surface area is 174 Å². The average Bonchev–Trinajstić information content (AvgIpc) is 3.00. The normalized spacial score (nSPS) is 13.9. The van der Waals surface area contributed by atoms with Gasteiger partial charge in [-0.2, -0.15) is 0 Å². The molecule has 0 saturated carbocycles. The molecule has 0 unspecified atom stereocenters. The molecular formula is C23H14Br2N2. The van der Waals surface area contributed by atoms with Gasteiger partial charge in [-0.25, -0.2) is 9.97 Å². The zero-order valence-corrected chi connectivity index (χ0v) is 17.4. The highest BCUT2D eigenvalue weighted by molar-refractivity contribution is 9.10. The SMILES string of the molecule is Brc1cccc(C2(c3cccc(Br)n3)c3ccccc3-c3ccccc32)n1. The Bertz CT molecular complexity index is 1080. The van der Waals surface area contributed by atoms with E-state index in [1.807, 2.05) is 24.3 Å². The zero-order valence-electron chi connectivity index (χ0n) is 14.2. The van der Waals surface area contributed by atoms with Gasteiger partial charge in [0.15, 0.2) is 0 Å². The first-order chi connectivity index (χ1) is 13.2. The fourth-order valence-electron chi connectivity index (χ4n) is 4.15. The molecule has 1 aliphatic carbocycles. The highest BCUT2D eigenvalue weighted by Gasteiger charge is 2.48. The first-order valence-electron chi connectivity index (χ1n) is 8.67. The van der Waals surface area contributed by atoms with Gasteiger partial charge in [-0.05, 0) is 78.4 Å². The Kier molecular flexibility index (Phi) is 3.99. The summed E-state index contributed by atoms with van der Waals surface area (Å²) in [5.74, 6) is 0. The van der Waals surface area contributed by atoms with E-state index in [9.17, 15) is 0 Å². The van der Waals surface area contributed by atoms with Gasteiger partial charge in [-0.15, -0.1) is 0 Å². The first-order valence-corrected chi connectivity index (χ1v) is 10.3. The molecule has 0 fully saturated rings. The molecule has 0 spiro atoms. The van der Waals surface area contributed by atoms with Crippen molar-refractivity contribution < 1.29 is 0 Å². The van der Waals surface area contributed by atoms with Gasteiger partial charge in [-0.3, -0.25) is 0 Å². The molecule has 2 aromatic carbocycles. The Balaban J connectivity index is 1.98. The molecular weight excluding hydrogens is 464 g/mol. The zero-order chi connectivity index (χ0) is 18.4. The molecule has 0 N–H and O–H groups in total. The lowest BCUT2D eigenvalue weighted by atomic mass is 9.72. The van der Waals surface area contributed by atoms with Crippen LogP contribution in [-0.2, 0) is 5.41 Å². The van der Waals surface area contributed by atoms with Crippen LogP contribution in [0.25, 0.3) is 11.1 Å². The number of benzene rings is 2. The number of nitrogens with zero attached hydrogens (tertiary/aromatic N) is 2. The lowest BCUT2D eigenvalue weighted by Crippen LogP contribution is -2.31. The van der Waals surface area contributed by atoms with Crippen LogP contribution in [0, 0.1) is 0 Å². The number of fused-ring (bicyclic) bond motifs is 3. The van der Waals surface area contributed by atoms with Crippen molar-refractivity contribution in [2.45, 2.75) is 5.41 Å². The van der Waals surface area contributed by atoms with Crippen LogP contribution in [0.15, 0.2) is 94.1 Å². The third kappa shape index (κ3) is 2.43. The topological polar surface area (TPSA) is 25.8 Å². The standard InChI is InChI=1S/C23H14Br2N2/c24-21-13-5-11-19(26-21)23(20-12-6-14-22(25)27-20)17-9-3-1-7-15(17)16-8-2-4-10-18(16)23/h1-14H. The Hall–Kier alpha value is -2.30. The second kappa shape index (κ2) is 6.39. The molecule has 0 radical (unpaired) electrons. The smallest absolute Gasteiger partial charge is 0.106 e. The van der Waals surface area contributed by atoms with E-state index >= 15 is 0 Å². The second-order valence-corrected chi connectivity index (χ2v) is 8.16. The van der Waals surface area contributed by atoms with Gasteiger partial charge in [0.05, 0.1) is 11.4 Å². The molecule has 0 amide bonds. The first kappa shape index (κ1) is 16.8. The molecule has 0 aliphatic heterocycles. The lowest BCUT2D eigenvalue weighted by molar-refractivity contribution is 0.701. The van der Waals surface area contributed by atoms with Crippen molar-refractivity contribution in [1.29, 1.82) is 0 Å². The summed E-state index contributed by atoms with van der Waals surface area (Å²) in [6.45, 7) is 0. The Morgan fingerprint density at radius 1 is 0.519 bits per heavy atom.